The zero-order valence-corrected chi connectivity index (χ0v) is 15.3. The van der Waals surface area contributed by atoms with Crippen molar-refractivity contribution in [2.24, 2.45) is 0 Å². The van der Waals surface area contributed by atoms with Gasteiger partial charge in [0, 0.05) is 50.4 Å². The molecule has 0 bridgehead atoms. The molecule has 0 atom stereocenters. The lowest BCUT2D eigenvalue weighted by molar-refractivity contribution is -0.169. The first-order valence-electron chi connectivity index (χ1n) is 9.13. The predicted molar refractivity (Wildman–Crippen MR) is 102 cm³/mol. The number of nitrogens with zero attached hydrogens (tertiary/aromatic N) is 3. The van der Waals surface area contributed by atoms with Gasteiger partial charge in [-0.05, 0) is 30.3 Å². The SMILES string of the molecule is CC(=O)Nc1ccc(Nc2ccnc(N3CCC4(CC3)OCCO4)n2)cc1. The van der Waals surface area contributed by atoms with Gasteiger partial charge >= 0.3 is 0 Å². The van der Waals surface area contributed by atoms with E-state index >= 15 is 0 Å². The molecule has 2 aliphatic rings. The highest BCUT2D eigenvalue weighted by atomic mass is 16.7. The Balaban J connectivity index is 1.40. The molecule has 8 nitrogen and oxygen atoms in total. The third-order valence-electron chi connectivity index (χ3n) is 4.74. The summed E-state index contributed by atoms with van der Waals surface area (Å²) in [6.45, 7) is 4.44. The molecular formula is C19H23N5O3. The van der Waals surface area contributed by atoms with Crippen LogP contribution < -0.4 is 15.5 Å². The number of piperidine rings is 1. The number of nitrogens with one attached hydrogen (secondary N) is 2. The summed E-state index contributed by atoms with van der Waals surface area (Å²) < 4.78 is 11.5. The fourth-order valence-corrected chi connectivity index (χ4v) is 3.39. The number of carbonyl (C=O) groups is 1. The number of hydrogen-bond acceptors (Lipinski definition) is 7. The summed E-state index contributed by atoms with van der Waals surface area (Å²) in [4.78, 5) is 22.3. The molecule has 0 saturated carbocycles. The van der Waals surface area contributed by atoms with Crippen LogP contribution in [-0.4, -0.2) is 48.0 Å². The minimum atomic E-state index is -0.401. The molecule has 0 aliphatic carbocycles. The standard InChI is InChI=1S/C19H23N5O3/c1-14(25)21-15-2-4-16(5-3-15)22-17-6-9-20-18(23-17)24-10-7-19(8-11-24)26-12-13-27-19/h2-6,9H,7-8,10-13H2,1H3,(H,21,25)(H,20,22,23). The summed E-state index contributed by atoms with van der Waals surface area (Å²) in [6, 6.07) is 9.31. The molecule has 0 radical (unpaired) electrons. The van der Waals surface area contributed by atoms with E-state index in [0.29, 0.717) is 19.2 Å². The maximum absolute atomic E-state index is 11.1. The Morgan fingerprint density at radius 3 is 2.41 bits per heavy atom. The van der Waals surface area contributed by atoms with E-state index in [1.54, 1.807) is 6.20 Å². The molecule has 2 aromatic rings. The molecule has 0 unspecified atom stereocenters. The van der Waals surface area contributed by atoms with Crippen molar-refractivity contribution in [2.45, 2.75) is 25.6 Å². The van der Waals surface area contributed by atoms with E-state index in [1.807, 2.05) is 30.3 Å². The molecule has 4 rings (SSSR count). The Morgan fingerprint density at radius 1 is 1.07 bits per heavy atom. The first kappa shape index (κ1) is 17.7. The van der Waals surface area contributed by atoms with Gasteiger partial charge in [0.1, 0.15) is 5.82 Å². The molecule has 2 fully saturated rings. The average molecular weight is 369 g/mol. The third kappa shape index (κ3) is 4.17. The van der Waals surface area contributed by atoms with Crippen molar-refractivity contribution in [2.75, 3.05) is 41.8 Å². The van der Waals surface area contributed by atoms with Gasteiger partial charge in [0.05, 0.1) is 13.2 Å². The number of amides is 1. The zero-order chi connectivity index (χ0) is 18.7. The number of rotatable bonds is 4. The van der Waals surface area contributed by atoms with Crippen LogP contribution in [0.25, 0.3) is 0 Å². The van der Waals surface area contributed by atoms with E-state index < -0.39 is 5.79 Å². The minimum Gasteiger partial charge on any atom is -0.347 e. The van der Waals surface area contributed by atoms with Gasteiger partial charge in [-0.15, -0.1) is 0 Å². The molecular weight excluding hydrogens is 346 g/mol. The van der Waals surface area contributed by atoms with Crippen molar-refractivity contribution in [3.8, 4) is 0 Å². The first-order valence-corrected chi connectivity index (χ1v) is 9.13. The molecule has 3 heterocycles. The van der Waals surface area contributed by atoms with Gasteiger partial charge in [-0.1, -0.05) is 0 Å². The third-order valence-corrected chi connectivity index (χ3v) is 4.74. The molecule has 1 amide bonds. The first-order chi connectivity index (χ1) is 13.1. The summed E-state index contributed by atoms with van der Waals surface area (Å²) in [6.07, 6.45) is 3.39. The highest BCUT2D eigenvalue weighted by Gasteiger charge is 2.40. The zero-order valence-electron chi connectivity index (χ0n) is 15.3. The van der Waals surface area contributed by atoms with Crippen LogP contribution in [0.3, 0.4) is 0 Å². The van der Waals surface area contributed by atoms with Gasteiger partial charge in [0.25, 0.3) is 0 Å². The van der Waals surface area contributed by atoms with Gasteiger partial charge in [-0.25, -0.2) is 4.98 Å². The van der Waals surface area contributed by atoms with Crippen molar-refractivity contribution >= 4 is 29.0 Å². The maximum atomic E-state index is 11.1. The van der Waals surface area contributed by atoms with Gasteiger partial charge in [-0.2, -0.15) is 4.98 Å². The molecule has 1 aromatic heterocycles. The van der Waals surface area contributed by atoms with Gasteiger partial charge in [-0.3, -0.25) is 4.79 Å². The fraction of sp³-hybridized carbons (Fsp3) is 0.421. The number of aromatic nitrogens is 2. The Kier molecular flexibility index (Phi) is 4.91. The van der Waals surface area contributed by atoms with Crippen molar-refractivity contribution < 1.29 is 14.3 Å². The normalized spacial score (nSPS) is 18.5. The van der Waals surface area contributed by atoms with Crippen LogP contribution in [0.1, 0.15) is 19.8 Å². The second-order valence-electron chi connectivity index (χ2n) is 6.72. The Hall–Kier alpha value is -2.71. The van der Waals surface area contributed by atoms with E-state index in [2.05, 4.69) is 25.5 Å². The van der Waals surface area contributed by atoms with Crippen LogP contribution in [0, 0.1) is 0 Å². The fourth-order valence-electron chi connectivity index (χ4n) is 3.39. The van der Waals surface area contributed by atoms with Crippen molar-refractivity contribution in [1.29, 1.82) is 0 Å². The van der Waals surface area contributed by atoms with E-state index in [1.165, 1.54) is 6.92 Å². The van der Waals surface area contributed by atoms with Gasteiger partial charge < -0.3 is 25.0 Å². The average Bonchev–Trinajstić information content (AvgIpc) is 3.12. The molecule has 8 heteroatoms. The summed E-state index contributed by atoms with van der Waals surface area (Å²) in [5, 5.41) is 6.02. The monoisotopic (exact) mass is 369 g/mol. The molecule has 2 aliphatic heterocycles. The molecule has 27 heavy (non-hydrogen) atoms. The molecule has 1 aromatic carbocycles. The van der Waals surface area contributed by atoms with Crippen molar-refractivity contribution in [1.82, 2.24) is 9.97 Å². The summed E-state index contributed by atoms with van der Waals surface area (Å²) in [7, 11) is 0. The van der Waals surface area contributed by atoms with E-state index in [9.17, 15) is 4.79 Å². The summed E-state index contributed by atoms with van der Waals surface area (Å²) in [5.74, 6) is 0.929. The van der Waals surface area contributed by atoms with Crippen LogP contribution in [-0.2, 0) is 14.3 Å². The second kappa shape index (κ2) is 7.50. The predicted octanol–water partition coefficient (Wildman–Crippen LogP) is 2.52. The Bertz CT molecular complexity index is 795. The van der Waals surface area contributed by atoms with Crippen LogP contribution >= 0.6 is 0 Å². The molecule has 142 valence electrons. The Labute approximate surface area is 157 Å². The smallest absolute Gasteiger partial charge is 0.227 e. The van der Waals surface area contributed by atoms with Crippen LogP contribution in [0.4, 0.5) is 23.1 Å². The number of benzene rings is 1. The number of hydrogen-bond donors (Lipinski definition) is 2. The highest BCUT2D eigenvalue weighted by molar-refractivity contribution is 5.88. The lowest BCUT2D eigenvalue weighted by Crippen LogP contribution is -2.45. The molecule has 2 saturated heterocycles. The molecule has 2 N–H and O–H groups in total. The largest absolute Gasteiger partial charge is 0.347 e. The van der Waals surface area contributed by atoms with Crippen LogP contribution in [0.5, 0.6) is 0 Å². The van der Waals surface area contributed by atoms with Gasteiger partial charge in [0.2, 0.25) is 11.9 Å². The summed E-state index contributed by atoms with van der Waals surface area (Å²) >= 11 is 0. The van der Waals surface area contributed by atoms with Crippen LogP contribution in [0.2, 0.25) is 0 Å². The summed E-state index contributed by atoms with van der Waals surface area (Å²) in [5.41, 5.74) is 1.65. The number of anilines is 4. The lowest BCUT2D eigenvalue weighted by atomic mass is 10.0. The maximum Gasteiger partial charge on any atom is 0.227 e. The number of carbonyl (C=O) groups excluding carboxylic acids is 1. The molecule has 1 spiro atoms. The highest BCUT2D eigenvalue weighted by Crippen LogP contribution is 2.32. The second-order valence-corrected chi connectivity index (χ2v) is 6.72. The lowest BCUT2D eigenvalue weighted by Gasteiger charge is -2.37. The van der Waals surface area contributed by atoms with E-state index in [0.717, 1.165) is 43.1 Å². The quantitative estimate of drug-likeness (QED) is 0.856. The van der Waals surface area contributed by atoms with E-state index in [4.69, 9.17) is 9.47 Å². The van der Waals surface area contributed by atoms with Crippen molar-refractivity contribution in [3.63, 3.8) is 0 Å². The number of ether oxygens (including phenoxy) is 2. The van der Waals surface area contributed by atoms with Gasteiger partial charge in [0.15, 0.2) is 5.79 Å². The van der Waals surface area contributed by atoms with Crippen LogP contribution in [0.15, 0.2) is 36.5 Å². The van der Waals surface area contributed by atoms with Crippen molar-refractivity contribution in [3.05, 3.63) is 36.5 Å². The Morgan fingerprint density at radius 2 is 1.74 bits per heavy atom. The minimum absolute atomic E-state index is 0.0899. The van der Waals surface area contributed by atoms with E-state index in [-0.39, 0.29) is 5.91 Å². The topological polar surface area (TPSA) is 88.6 Å².